The van der Waals surface area contributed by atoms with Crippen molar-refractivity contribution in [3.63, 3.8) is 0 Å². The Morgan fingerprint density at radius 3 is 2.35 bits per heavy atom. The summed E-state index contributed by atoms with van der Waals surface area (Å²) in [5, 5.41) is 6.48. The lowest BCUT2D eigenvalue weighted by Crippen LogP contribution is -2.37. The fourth-order valence-corrected chi connectivity index (χ4v) is 2.42. The molecule has 0 aromatic heterocycles. The van der Waals surface area contributed by atoms with Gasteiger partial charge in [0.05, 0.1) is 6.10 Å². The van der Waals surface area contributed by atoms with Crippen LogP contribution in [-0.2, 0) is 9.53 Å². The molecule has 0 aliphatic heterocycles. The zero-order valence-corrected chi connectivity index (χ0v) is 10.7. The molecule has 17 heavy (non-hydrogen) atoms. The monoisotopic (exact) mass is 240 g/mol. The number of ether oxygens (including phenoxy) is 1. The number of hydrogen-bond donors (Lipinski definition) is 2. The smallest absolute Gasteiger partial charge is 0.221 e. The van der Waals surface area contributed by atoms with Gasteiger partial charge in [0.15, 0.2) is 0 Å². The van der Waals surface area contributed by atoms with Gasteiger partial charge in [-0.2, -0.15) is 0 Å². The largest absolute Gasteiger partial charge is 0.381 e. The Bertz CT molecular complexity index is 246. The Morgan fingerprint density at radius 2 is 1.76 bits per heavy atom. The molecule has 4 nitrogen and oxygen atoms in total. The van der Waals surface area contributed by atoms with E-state index in [0.29, 0.717) is 24.6 Å². The van der Waals surface area contributed by atoms with Crippen molar-refractivity contribution in [2.24, 2.45) is 0 Å². The van der Waals surface area contributed by atoms with Gasteiger partial charge in [-0.15, -0.1) is 0 Å². The molecule has 2 saturated carbocycles. The van der Waals surface area contributed by atoms with Gasteiger partial charge in [0.2, 0.25) is 5.91 Å². The van der Waals surface area contributed by atoms with E-state index in [1.165, 1.54) is 25.7 Å². The Hall–Kier alpha value is -0.610. The number of carbonyl (C=O) groups excluding carboxylic acids is 1. The minimum absolute atomic E-state index is 0.200. The molecule has 98 valence electrons. The fraction of sp³-hybridized carbons (Fsp3) is 0.923. The number of methoxy groups -OCH3 is 1. The molecule has 0 aromatic carbocycles. The molecular formula is C13H24N2O2. The number of rotatable bonds is 6. The summed E-state index contributed by atoms with van der Waals surface area (Å²) in [4.78, 5) is 11.5. The van der Waals surface area contributed by atoms with Crippen LogP contribution in [0.4, 0.5) is 0 Å². The Kier molecular flexibility index (Phi) is 4.80. The lowest BCUT2D eigenvalue weighted by Gasteiger charge is -2.28. The summed E-state index contributed by atoms with van der Waals surface area (Å²) in [5.41, 5.74) is 0. The molecule has 2 N–H and O–H groups in total. The van der Waals surface area contributed by atoms with Crippen LogP contribution in [0.5, 0.6) is 0 Å². The predicted octanol–water partition coefficient (Wildman–Crippen LogP) is 1.20. The molecule has 0 unspecified atom stereocenters. The van der Waals surface area contributed by atoms with E-state index >= 15 is 0 Å². The van der Waals surface area contributed by atoms with Crippen LogP contribution in [-0.4, -0.2) is 37.7 Å². The lowest BCUT2D eigenvalue weighted by atomic mass is 9.93. The average Bonchev–Trinajstić information content (AvgIpc) is 3.14. The highest BCUT2D eigenvalue weighted by Crippen LogP contribution is 2.20. The first-order valence-electron chi connectivity index (χ1n) is 6.83. The molecule has 2 aliphatic rings. The number of hydrogen-bond acceptors (Lipinski definition) is 3. The molecule has 0 saturated heterocycles. The number of carbonyl (C=O) groups is 1. The van der Waals surface area contributed by atoms with Gasteiger partial charge in [-0.05, 0) is 38.5 Å². The van der Waals surface area contributed by atoms with Gasteiger partial charge in [-0.25, -0.2) is 0 Å². The first-order chi connectivity index (χ1) is 8.28. The second-order valence-corrected chi connectivity index (χ2v) is 5.26. The van der Waals surface area contributed by atoms with Crippen molar-refractivity contribution in [3.8, 4) is 0 Å². The van der Waals surface area contributed by atoms with Crippen molar-refractivity contribution in [2.45, 2.75) is 63.1 Å². The summed E-state index contributed by atoms with van der Waals surface area (Å²) in [6, 6.07) is 1.06. The third-order valence-corrected chi connectivity index (χ3v) is 3.74. The molecule has 0 atom stereocenters. The van der Waals surface area contributed by atoms with Gasteiger partial charge in [0, 0.05) is 32.2 Å². The first-order valence-corrected chi connectivity index (χ1v) is 6.83. The molecule has 0 aromatic rings. The van der Waals surface area contributed by atoms with Crippen molar-refractivity contribution >= 4 is 5.91 Å². The summed E-state index contributed by atoms with van der Waals surface area (Å²) < 4.78 is 5.34. The van der Waals surface area contributed by atoms with E-state index in [4.69, 9.17) is 4.74 Å². The summed E-state index contributed by atoms with van der Waals surface area (Å²) in [5.74, 6) is 0.200. The lowest BCUT2D eigenvalue weighted by molar-refractivity contribution is -0.121. The number of nitrogens with one attached hydrogen (secondary N) is 2. The highest BCUT2D eigenvalue weighted by atomic mass is 16.5. The molecule has 2 fully saturated rings. The van der Waals surface area contributed by atoms with E-state index in [0.717, 1.165) is 19.4 Å². The molecule has 0 spiro atoms. The summed E-state index contributed by atoms with van der Waals surface area (Å²) in [6.07, 6.45) is 8.02. The maximum absolute atomic E-state index is 11.5. The van der Waals surface area contributed by atoms with Crippen LogP contribution in [0.25, 0.3) is 0 Å². The molecule has 2 rings (SSSR count). The first kappa shape index (κ1) is 12.8. The molecule has 0 bridgehead atoms. The van der Waals surface area contributed by atoms with Gasteiger partial charge in [-0.3, -0.25) is 4.79 Å². The van der Waals surface area contributed by atoms with E-state index in [1.807, 2.05) is 0 Å². The third kappa shape index (κ3) is 4.64. The topological polar surface area (TPSA) is 50.4 Å². The van der Waals surface area contributed by atoms with Crippen molar-refractivity contribution in [2.75, 3.05) is 13.7 Å². The zero-order chi connectivity index (χ0) is 12.1. The van der Waals surface area contributed by atoms with Crippen LogP contribution in [0.2, 0.25) is 0 Å². The van der Waals surface area contributed by atoms with Gasteiger partial charge < -0.3 is 15.4 Å². The molecular weight excluding hydrogens is 216 g/mol. The van der Waals surface area contributed by atoms with Crippen LogP contribution in [0.15, 0.2) is 0 Å². The average molecular weight is 240 g/mol. The second-order valence-electron chi connectivity index (χ2n) is 5.26. The highest BCUT2D eigenvalue weighted by Gasteiger charge is 2.23. The van der Waals surface area contributed by atoms with Crippen LogP contribution in [0, 0.1) is 0 Å². The van der Waals surface area contributed by atoms with Gasteiger partial charge >= 0.3 is 0 Å². The third-order valence-electron chi connectivity index (χ3n) is 3.74. The molecule has 1 amide bonds. The maximum Gasteiger partial charge on any atom is 0.221 e. The Morgan fingerprint density at radius 1 is 1.12 bits per heavy atom. The standard InChI is InChI=1S/C13H24N2O2/c1-17-12-6-4-10(5-7-12)14-9-8-13(16)15-11-2-3-11/h10-12,14H,2-9H2,1H3,(H,15,16). The van der Waals surface area contributed by atoms with Gasteiger partial charge in [-0.1, -0.05) is 0 Å². The molecule has 0 heterocycles. The van der Waals surface area contributed by atoms with Crippen molar-refractivity contribution in [3.05, 3.63) is 0 Å². The number of amides is 1. The van der Waals surface area contributed by atoms with Crippen molar-refractivity contribution < 1.29 is 9.53 Å². The Balaban J connectivity index is 1.51. The molecule has 0 radical (unpaired) electrons. The minimum Gasteiger partial charge on any atom is -0.381 e. The SMILES string of the molecule is COC1CCC(NCCC(=O)NC2CC2)CC1. The van der Waals surface area contributed by atoms with Gasteiger partial charge in [0.1, 0.15) is 0 Å². The van der Waals surface area contributed by atoms with E-state index in [9.17, 15) is 4.79 Å². The van der Waals surface area contributed by atoms with Crippen molar-refractivity contribution in [1.82, 2.24) is 10.6 Å². The molecule has 4 heteroatoms. The summed E-state index contributed by atoms with van der Waals surface area (Å²) in [7, 11) is 1.79. The molecule has 2 aliphatic carbocycles. The second kappa shape index (κ2) is 6.36. The summed E-state index contributed by atoms with van der Waals surface area (Å²) in [6.45, 7) is 0.806. The quantitative estimate of drug-likeness (QED) is 0.733. The van der Waals surface area contributed by atoms with Crippen LogP contribution in [0.1, 0.15) is 44.9 Å². The normalized spacial score (nSPS) is 29.0. The van der Waals surface area contributed by atoms with Crippen molar-refractivity contribution in [1.29, 1.82) is 0 Å². The van der Waals surface area contributed by atoms with E-state index < -0.39 is 0 Å². The van der Waals surface area contributed by atoms with Crippen LogP contribution >= 0.6 is 0 Å². The zero-order valence-electron chi connectivity index (χ0n) is 10.7. The van der Waals surface area contributed by atoms with E-state index in [1.54, 1.807) is 7.11 Å². The summed E-state index contributed by atoms with van der Waals surface area (Å²) >= 11 is 0. The maximum atomic E-state index is 11.5. The van der Waals surface area contributed by atoms with E-state index in [-0.39, 0.29) is 5.91 Å². The predicted molar refractivity (Wildman–Crippen MR) is 66.8 cm³/mol. The fourth-order valence-electron chi connectivity index (χ4n) is 2.42. The Labute approximate surface area is 103 Å². The van der Waals surface area contributed by atoms with E-state index in [2.05, 4.69) is 10.6 Å². The van der Waals surface area contributed by atoms with Crippen LogP contribution in [0.3, 0.4) is 0 Å². The highest BCUT2D eigenvalue weighted by molar-refractivity contribution is 5.76. The van der Waals surface area contributed by atoms with Gasteiger partial charge in [0.25, 0.3) is 0 Å². The van der Waals surface area contributed by atoms with Crippen LogP contribution < -0.4 is 10.6 Å². The minimum atomic E-state index is 0.200.